The molecule has 11 heteroatoms. The van der Waals surface area contributed by atoms with Gasteiger partial charge in [-0.3, -0.25) is 9.59 Å². The molecular formula is C72H106O11. The number of esters is 3. The Bertz CT molecular complexity index is 2210. The van der Waals surface area contributed by atoms with Gasteiger partial charge in [0.2, 0.25) is 0 Å². The molecule has 1 fully saturated rings. The molecule has 1 saturated heterocycles. The summed E-state index contributed by atoms with van der Waals surface area (Å²) in [5, 5.41) is 0. The van der Waals surface area contributed by atoms with Crippen LogP contribution in [-0.2, 0) is 78.7 Å². The van der Waals surface area contributed by atoms with E-state index in [1.54, 1.807) is 0 Å². The number of carbonyl (C=O) groups is 3. The van der Waals surface area contributed by atoms with Gasteiger partial charge in [0.05, 0.1) is 26.4 Å². The van der Waals surface area contributed by atoms with Gasteiger partial charge in [-0.25, -0.2) is 4.79 Å². The van der Waals surface area contributed by atoms with E-state index in [4.69, 9.17) is 37.9 Å². The quantitative estimate of drug-likeness (QED) is 0.0238. The topological polar surface area (TPSA) is 125 Å². The van der Waals surface area contributed by atoms with Gasteiger partial charge >= 0.3 is 17.9 Å². The molecule has 0 unspecified atom stereocenters. The fourth-order valence-electron chi connectivity index (χ4n) is 10.8. The fourth-order valence-corrected chi connectivity index (χ4v) is 10.8. The Morgan fingerprint density at radius 1 is 0.398 bits per heavy atom. The van der Waals surface area contributed by atoms with Crippen molar-refractivity contribution in [3.63, 3.8) is 0 Å². The molecule has 0 bridgehead atoms. The average Bonchev–Trinajstić information content (AvgIpc) is 3.61. The lowest BCUT2D eigenvalue weighted by Crippen LogP contribution is -2.63. The molecule has 0 aliphatic carbocycles. The third-order valence-electron chi connectivity index (χ3n) is 15.8. The number of ether oxygens (including phenoxy) is 8. The molecule has 5 rings (SSSR count). The Balaban J connectivity index is 1.27. The first-order valence-corrected chi connectivity index (χ1v) is 32.6. The van der Waals surface area contributed by atoms with Gasteiger partial charge in [-0.05, 0) is 41.0 Å². The lowest BCUT2D eigenvalue weighted by atomic mass is 9.96. The second kappa shape index (κ2) is 44.6. The van der Waals surface area contributed by atoms with Gasteiger partial charge in [-0.1, -0.05) is 303 Å². The molecule has 0 spiro atoms. The first-order valence-electron chi connectivity index (χ1n) is 32.6. The van der Waals surface area contributed by atoms with E-state index >= 15 is 0 Å². The van der Waals surface area contributed by atoms with Gasteiger partial charge < -0.3 is 37.9 Å². The minimum Gasteiger partial charge on any atom is -0.462 e. The lowest BCUT2D eigenvalue weighted by molar-refractivity contribution is -0.323. The predicted molar refractivity (Wildman–Crippen MR) is 331 cm³/mol. The van der Waals surface area contributed by atoms with Crippen molar-refractivity contribution in [1.82, 2.24) is 0 Å². The van der Waals surface area contributed by atoms with E-state index in [0.29, 0.717) is 6.42 Å². The molecule has 83 heavy (non-hydrogen) atoms. The first-order chi connectivity index (χ1) is 40.8. The highest BCUT2D eigenvalue weighted by molar-refractivity contribution is 5.76. The smallest absolute Gasteiger partial charge is 0.338 e. The van der Waals surface area contributed by atoms with Crippen LogP contribution in [0.1, 0.15) is 229 Å². The second-order valence-electron chi connectivity index (χ2n) is 23.2. The molecule has 0 amide bonds. The van der Waals surface area contributed by atoms with Crippen molar-refractivity contribution >= 4 is 17.9 Å². The third kappa shape index (κ3) is 30.6. The highest BCUT2D eigenvalue weighted by Gasteiger charge is 2.52. The molecule has 0 aromatic heterocycles. The summed E-state index contributed by atoms with van der Waals surface area (Å²) in [6.45, 7) is 6.95. The molecule has 1 aliphatic rings. The number of hydrogen-bond donors (Lipinski definition) is 0. The summed E-state index contributed by atoms with van der Waals surface area (Å²) in [4.78, 5) is 41.6. The zero-order chi connectivity index (χ0) is 58.6. The van der Waals surface area contributed by atoms with Crippen molar-refractivity contribution in [2.24, 2.45) is 5.92 Å². The van der Waals surface area contributed by atoms with Gasteiger partial charge in [0.25, 0.3) is 0 Å². The van der Waals surface area contributed by atoms with Crippen LogP contribution in [0.2, 0.25) is 0 Å². The van der Waals surface area contributed by atoms with Crippen LogP contribution in [-0.4, -0.2) is 67.9 Å². The Labute approximate surface area is 501 Å². The number of hydrogen-bond acceptors (Lipinski definition) is 11. The normalized spacial score (nSPS) is 17.7. The molecule has 1 aliphatic heterocycles. The molecule has 4 aromatic carbocycles. The van der Waals surface area contributed by atoms with Crippen molar-refractivity contribution in [2.45, 2.75) is 270 Å². The maximum atomic E-state index is 14.5. The molecule has 0 N–H and O–H groups in total. The van der Waals surface area contributed by atoms with E-state index in [9.17, 15) is 14.4 Å². The summed E-state index contributed by atoms with van der Waals surface area (Å²) < 4.78 is 51.7. The number of benzene rings is 4. The van der Waals surface area contributed by atoms with E-state index in [2.05, 4.69) is 20.8 Å². The highest BCUT2D eigenvalue weighted by Crippen LogP contribution is 2.33. The van der Waals surface area contributed by atoms with E-state index in [0.717, 1.165) is 66.7 Å². The molecular weight excluding hydrogens is 1040 g/mol. The van der Waals surface area contributed by atoms with Crippen LogP contribution < -0.4 is 0 Å². The van der Waals surface area contributed by atoms with Crippen LogP contribution >= 0.6 is 0 Å². The average molecular weight is 1150 g/mol. The molecule has 0 saturated carbocycles. The minimum absolute atomic E-state index is 0.00126. The maximum Gasteiger partial charge on any atom is 0.338 e. The van der Waals surface area contributed by atoms with Crippen molar-refractivity contribution in [3.05, 3.63) is 144 Å². The first kappa shape index (κ1) is 68.9. The van der Waals surface area contributed by atoms with Gasteiger partial charge in [0.1, 0.15) is 31.5 Å². The van der Waals surface area contributed by atoms with Crippen LogP contribution in [0.3, 0.4) is 0 Å². The van der Waals surface area contributed by atoms with E-state index in [1.807, 2.05) is 121 Å². The summed E-state index contributed by atoms with van der Waals surface area (Å²) in [5.74, 6) is -0.634. The molecule has 11 nitrogen and oxygen atoms in total. The minimum atomic E-state index is -1.34. The van der Waals surface area contributed by atoms with Crippen LogP contribution in [0.4, 0.5) is 0 Å². The van der Waals surface area contributed by atoms with Gasteiger partial charge in [-0.15, -0.1) is 0 Å². The molecule has 4 aromatic rings. The van der Waals surface area contributed by atoms with Crippen molar-refractivity contribution in [1.29, 1.82) is 0 Å². The fraction of sp³-hybridized carbons (Fsp3) is 0.625. The highest BCUT2D eigenvalue weighted by atomic mass is 16.7. The Kier molecular flexibility index (Phi) is 37.0. The summed E-state index contributed by atoms with van der Waals surface area (Å²) in [7, 11) is 0. The number of carbonyl (C=O) groups excluding carboxylic acids is 3. The summed E-state index contributed by atoms with van der Waals surface area (Å²) in [6, 6.07) is 38.7. The summed E-state index contributed by atoms with van der Waals surface area (Å²) in [6.07, 6.45) is 26.7. The van der Waals surface area contributed by atoms with Gasteiger partial charge in [0, 0.05) is 12.8 Å². The van der Waals surface area contributed by atoms with E-state index in [-0.39, 0.29) is 58.5 Å². The third-order valence-corrected chi connectivity index (χ3v) is 15.8. The van der Waals surface area contributed by atoms with E-state index in [1.165, 1.54) is 128 Å². The molecule has 0 radical (unpaired) electrons. The van der Waals surface area contributed by atoms with Crippen LogP contribution in [0.15, 0.2) is 121 Å². The van der Waals surface area contributed by atoms with E-state index < -0.39 is 48.7 Å². The van der Waals surface area contributed by atoms with Crippen LogP contribution in [0.25, 0.3) is 0 Å². The monoisotopic (exact) mass is 1150 g/mol. The largest absolute Gasteiger partial charge is 0.462 e. The summed E-state index contributed by atoms with van der Waals surface area (Å²) >= 11 is 0. The predicted octanol–water partition coefficient (Wildman–Crippen LogP) is 17.7. The second-order valence-corrected chi connectivity index (χ2v) is 23.2. The maximum absolute atomic E-state index is 14.5. The number of rotatable bonds is 48. The van der Waals surface area contributed by atoms with Crippen LogP contribution in [0.5, 0.6) is 0 Å². The Hall–Kier alpha value is -4.91. The van der Waals surface area contributed by atoms with Crippen LogP contribution in [0, 0.1) is 5.92 Å². The van der Waals surface area contributed by atoms with Crippen molar-refractivity contribution < 1.29 is 52.3 Å². The van der Waals surface area contributed by atoms with Gasteiger partial charge in [-0.2, -0.15) is 0 Å². The molecule has 460 valence electrons. The van der Waals surface area contributed by atoms with Gasteiger partial charge in [0.15, 0.2) is 18.5 Å². The Morgan fingerprint density at radius 3 is 1.22 bits per heavy atom. The molecule has 1 heterocycles. The number of unbranched alkanes of at least 4 members (excludes halogenated alkanes) is 22. The Morgan fingerprint density at radius 2 is 0.771 bits per heavy atom. The standard InChI is InChI=1S/C72H106O11/c1-4-6-8-10-12-13-14-15-16-17-18-23-39-51-65(73)76-57-64(82-66(74)52-40-24-20-19-22-30-42-59(3)41-29-21-11-9-7-5-2)58-81-72-70(79-55-62-47-35-27-36-48-62)68(78-54-61-45-33-26-34-46-61)67(77-53-60-43-31-25-32-44-60)69(83-72)71(75)80-56-63-49-37-28-38-50-63/h25-28,31-38,43-50,59,64,67-70,72H,4-24,29-30,39-42,51-58H2,1-3H3/t59-,64-,67+,68+,69+,70-,72+/m1/s1. The zero-order valence-corrected chi connectivity index (χ0v) is 51.3. The zero-order valence-electron chi connectivity index (χ0n) is 51.3. The van der Waals surface area contributed by atoms with Crippen molar-refractivity contribution in [3.8, 4) is 0 Å². The molecule has 7 atom stereocenters. The lowest BCUT2D eigenvalue weighted by Gasteiger charge is -2.45. The van der Waals surface area contributed by atoms with Crippen molar-refractivity contribution in [2.75, 3.05) is 13.2 Å². The SMILES string of the molecule is CCCCCCCCCCCCCCCC(=O)OC[C@H](CO[C@H]1O[C@H](C(=O)OCc2ccccc2)[C@@H](OCc2ccccc2)[C@H](OCc2ccccc2)[C@H]1OCc1ccccc1)OC(=O)CCCCCCCC[C@H](C)CCCCCCCC. The summed E-state index contributed by atoms with van der Waals surface area (Å²) in [5.41, 5.74) is 3.49.